The van der Waals surface area contributed by atoms with Gasteiger partial charge in [0.15, 0.2) is 5.15 Å². The highest BCUT2D eigenvalue weighted by Crippen LogP contribution is 2.28. The van der Waals surface area contributed by atoms with Gasteiger partial charge in [-0.2, -0.15) is 5.26 Å². The molecule has 4 aromatic rings. The predicted octanol–water partition coefficient (Wildman–Crippen LogP) is 4.92. The van der Waals surface area contributed by atoms with Crippen LogP contribution in [0.4, 0.5) is 5.69 Å². The molecule has 1 aromatic carbocycles. The number of carbonyl (C=O) groups excluding carboxylic acids is 2. The number of hydrogen-bond acceptors (Lipinski definition) is 4. The van der Waals surface area contributed by atoms with Crippen molar-refractivity contribution in [1.29, 1.82) is 5.26 Å². The zero-order chi connectivity index (χ0) is 22.0. The molecule has 0 fully saturated rings. The molecule has 3 heterocycles. The fraction of sp³-hybridized carbons (Fsp3) is 0.0435. The molecule has 1 N–H and O–H groups in total. The molecular weight excluding hydrogens is 435 g/mol. The Bertz CT molecular complexity index is 1330. The van der Waals surface area contributed by atoms with E-state index in [-0.39, 0.29) is 21.4 Å². The summed E-state index contributed by atoms with van der Waals surface area (Å²) in [6.45, 7) is 0. The van der Waals surface area contributed by atoms with E-state index < -0.39 is 11.7 Å². The van der Waals surface area contributed by atoms with Crippen molar-refractivity contribution >= 4 is 46.1 Å². The summed E-state index contributed by atoms with van der Waals surface area (Å²) in [5, 5.41) is 11.6. The van der Waals surface area contributed by atoms with Gasteiger partial charge in [0.05, 0.1) is 33.4 Å². The van der Waals surface area contributed by atoms with Crippen molar-refractivity contribution in [2.45, 2.75) is 6.42 Å². The van der Waals surface area contributed by atoms with Crippen LogP contribution < -0.4 is 5.32 Å². The van der Waals surface area contributed by atoms with Crippen LogP contribution in [0, 0.1) is 11.3 Å². The number of fused-ring (bicyclic) bond motifs is 1. The normalized spacial score (nSPS) is 10.6. The van der Waals surface area contributed by atoms with E-state index in [2.05, 4.69) is 16.4 Å². The Kier molecular flexibility index (Phi) is 5.72. The highest BCUT2D eigenvalue weighted by atomic mass is 35.5. The lowest BCUT2D eigenvalue weighted by molar-refractivity contribution is -0.112. The average molecular weight is 449 g/mol. The maximum absolute atomic E-state index is 13.0. The zero-order valence-corrected chi connectivity index (χ0v) is 17.5. The Balaban J connectivity index is 1.66. The maximum atomic E-state index is 13.0. The van der Waals surface area contributed by atoms with Gasteiger partial charge in [-0.05, 0) is 42.0 Å². The Morgan fingerprint density at radius 3 is 2.58 bits per heavy atom. The molecule has 3 aromatic heterocycles. The third-order valence-electron chi connectivity index (χ3n) is 4.77. The zero-order valence-electron chi connectivity index (χ0n) is 16.0. The van der Waals surface area contributed by atoms with E-state index in [9.17, 15) is 9.59 Å². The number of nitriles is 1. The number of carbonyl (C=O) groups is 2. The number of anilines is 1. The number of pyridine rings is 2. The lowest BCUT2D eigenvalue weighted by atomic mass is 10.1. The minimum atomic E-state index is -0.863. The van der Waals surface area contributed by atoms with E-state index in [1.165, 1.54) is 12.3 Å². The monoisotopic (exact) mass is 448 g/mol. The van der Waals surface area contributed by atoms with Crippen molar-refractivity contribution in [2.24, 2.45) is 0 Å². The van der Waals surface area contributed by atoms with E-state index in [4.69, 9.17) is 28.5 Å². The van der Waals surface area contributed by atoms with E-state index >= 15 is 0 Å². The summed E-state index contributed by atoms with van der Waals surface area (Å²) in [6, 6.07) is 17.9. The first-order valence-corrected chi connectivity index (χ1v) is 9.97. The highest BCUT2D eigenvalue weighted by molar-refractivity contribution is 6.49. The van der Waals surface area contributed by atoms with Gasteiger partial charge < -0.3 is 9.72 Å². The first-order valence-electron chi connectivity index (χ1n) is 9.21. The summed E-state index contributed by atoms with van der Waals surface area (Å²) in [6.07, 6.45) is 3.75. The standard InChI is InChI=1S/C23H14Cl2N4O2/c24-18-8-9-27-22(25)20(18)28-23(31)21(30)17-12-16(29-10-2-1-3-19(17)29)11-14-4-6-15(13-26)7-5-14/h1-10,12H,11H2,(H,28,31). The van der Waals surface area contributed by atoms with Gasteiger partial charge in [-0.1, -0.05) is 41.4 Å². The third kappa shape index (κ3) is 4.15. The van der Waals surface area contributed by atoms with Crippen LogP contribution in [0.1, 0.15) is 27.2 Å². The molecule has 0 unspecified atom stereocenters. The topological polar surface area (TPSA) is 87.3 Å². The molecule has 0 spiro atoms. The smallest absolute Gasteiger partial charge is 0.296 e. The SMILES string of the molecule is N#Cc1ccc(Cc2cc(C(=O)C(=O)Nc3c(Cl)ccnc3Cl)c3ccccn23)cc1. The van der Waals surface area contributed by atoms with Crippen molar-refractivity contribution in [2.75, 3.05) is 5.32 Å². The molecule has 1 amide bonds. The molecule has 0 aliphatic carbocycles. The Hall–Kier alpha value is -3.66. The van der Waals surface area contributed by atoms with Gasteiger partial charge in [0, 0.05) is 24.5 Å². The largest absolute Gasteiger partial charge is 0.320 e. The van der Waals surface area contributed by atoms with Gasteiger partial charge in [-0.25, -0.2) is 4.98 Å². The first-order chi connectivity index (χ1) is 15.0. The molecule has 31 heavy (non-hydrogen) atoms. The second-order valence-corrected chi connectivity index (χ2v) is 7.50. The number of nitrogens with one attached hydrogen (secondary N) is 1. The number of aromatic nitrogens is 2. The number of hydrogen-bond donors (Lipinski definition) is 1. The van der Waals surface area contributed by atoms with Crippen LogP contribution in [0.15, 0.2) is 67.0 Å². The lowest BCUT2D eigenvalue weighted by Gasteiger charge is -2.07. The predicted molar refractivity (Wildman–Crippen MR) is 119 cm³/mol. The Morgan fingerprint density at radius 1 is 1.10 bits per heavy atom. The lowest BCUT2D eigenvalue weighted by Crippen LogP contribution is -2.23. The third-order valence-corrected chi connectivity index (χ3v) is 5.37. The van der Waals surface area contributed by atoms with E-state index in [0.29, 0.717) is 17.5 Å². The summed E-state index contributed by atoms with van der Waals surface area (Å²) < 4.78 is 1.86. The molecule has 0 aliphatic heterocycles. The van der Waals surface area contributed by atoms with Crippen LogP contribution in [0.3, 0.4) is 0 Å². The van der Waals surface area contributed by atoms with Gasteiger partial charge >= 0.3 is 0 Å². The molecule has 152 valence electrons. The van der Waals surface area contributed by atoms with Crippen LogP contribution >= 0.6 is 23.2 Å². The van der Waals surface area contributed by atoms with Crippen molar-refractivity contribution in [3.8, 4) is 6.07 Å². The van der Waals surface area contributed by atoms with Gasteiger partial charge in [-0.15, -0.1) is 0 Å². The van der Waals surface area contributed by atoms with Crippen LogP contribution in [0.25, 0.3) is 5.52 Å². The molecule has 0 bridgehead atoms. The van der Waals surface area contributed by atoms with Crippen molar-refractivity contribution in [3.05, 3.63) is 99.6 Å². The minimum Gasteiger partial charge on any atom is -0.320 e. The number of nitrogens with zero attached hydrogens (tertiary/aromatic N) is 3. The molecular formula is C23H14Cl2N4O2. The minimum absolute atomic E-state index is 0.00288. The quantitative estimate of drug-likeness (QED) is 0.266. The maximum Gasteiger partial charge on any atom is 0.296 e. The van der Waals surface area contributed by atoms with E-state index in [0.717, 1.165) is 11.3 Å². The van der Waals surface area contributed by atoms with Gasteiger partial charge in [-0.3, -0.25) is 9.59 Å². The van der Waals surface area contributed by atoms with Crippen LogP contribution in [-0.2, 0) is 11.2 Å². The molecule has 6 nitrogen and oxygen atoms in total. The number of halogens is 2. The summed E-state index contributed by atoms with van der Waals surface area (Å²) >= 11 is 12.1. The van der Waals surface area contributed by atoms with Crippen molar-refractivity contribution in [1.82, 2.24) is 9.38 Å². The summed E-state index contributed by atoms with van der Waals surface area (Å²) in [7, 11) is 0. The second-order valence-electron chi connectivity index (χ2n) is 6.73. The fourth-order valence-corrected chi connectivity index (χ4v) is 3.71. The molecule has 4 rings (SSSR count). The van der Waals surface area contributed by atoms with Gasteiger partial charge in [0.25, 0.3) is 11.7 Å². The Morgan fingerprint density at radius 2 is 1.87 bits per heavy atom. The average Bonchev–Trinajstić information content (AvgIpc) is 3.14. The van der Waals surface area contributed by atoms with E-state index in [1.54, 1.807) is 30.3 Å². The molecule has 0 saturated carbocycles. The van der Waals surface area contributed by atoms with Gasteiger partial charge in [0.1, 0.15) is 0 Å². The molecule has 0 aliphatic rings. The van der Waals surface area contributed by atoms with Crippen LogP contribution in [0.5, 0.6) is 0 Å². The summed E-state index contributed by atoms with van der Waals surface area (Å²) in [5.74, 6) is -1.58. The Labute approximate surface area is 187 Å². The van der Waals surface area contributed by atoms with E-state index in [1.807, 2.05) is 28.8 Å². The summed E-state index contributed by atoms with van der Waals surface area (Å²) in [4.78, 5) is 29.5. The number of rotatable bonds is 5. The highest BCUT2D eigenvalue weighted by Gasteiger charge is 2.23. The van der Waals surface area contributed by atoms with Gasteiger partial charge in [0.2, 0.25) is 0 Å². The summed E-state index contributed by atoms with van der Waals surface area (Å²) in [5.41, 5.74) is 3.33. The second kappa shape index (κ2) is 8.60. The fourth-order valence-electron chi connectivity index (χ4n) is 3.27. The molecule has 0 radical (unpaired) electrons. The number of Topliss-reactive ketones (excluding diaryl/α,β-unsaturated/α-hetero) is 1. The molecule has 0 atom stereocenters. The van der Waals surface area contributed by atoms with Crippen LogP contribution in [0.2, 0.25) is 10.2 Å². The molecule has 0 saturated heterocycles. The number of benzene rings is 1. The first kappa shape index (κ1) is 20.6. The van der Waals surface area contributed by atoms with Crippen molar-refractivity contribution in [3.63, 3.8) is 0 Å². The number of ketones is 1. The van der Waals surface area contributed by atoms with Crippen LogP contribution in [-0.4, -0.2) is 21.1 Å². The number of amides is 1. The van der Waals surface area contributed by atoms with Crippen molar-refractivity contribution < 1.29 is 9.59 Å². The molecule has 8 heteroatoms.